The molecular weight excluding hydrogens is 290 g/mol. The van der Waals surface area contributed by atoms with E-state index in [9.17, 15) is 0 Å². The predicted molar refractivity (Wildman–Crippen MR) is 89.3 cm³/mol. The Morgan fingerprint density at radius 2 is 1.91 bits per heavy atom. The number of rotatable bonds is 5. The van der Waals surface area contributed by atoms with Gasteiger partial charge in [-0.15, -0.1) is 0 Å². The summed E-state index contributed by atoms with van der Waals surface area (Å²) in [7, 11) is 3.51. The molecule has 1 saturated heterocycles. The van der Waals surface area contributed by atoms with E-state index in [2.05, 4.69) is 24.4 Å². The lowest BCUT2D eigenvalue weighted by Gasteiger charge is -2.36. The molecule has 0 spiro atoms. The van der Waals surface area contributed by atoms with Gasteiger partial charge in [-0.1, -0.05) is 6.92 Å². The van der Waals surface area contributed by atoms with Gasteiger partial charge >= 0.3 is 0 Å². The van der Waals surface area contributed by atoms with Crippen LogP contribution in [0.4, 0.5) is 0 Å². The van der Waals surface area contributed by atoms with Crippen molar-refractivity contribution in [2.75, 3.05) is 53.5 Å². The van der Waals surface area contributed by atoms with Crippen LogP contribution in [0.15, 0.2) is 12.1 Å². The highest BCUT2D eigenvalue weighted by Gasteiger charge is 2.37. The standard InChI is InChI=1S/C18H29N3O2/c1-4-5-20-6-8-21(9-7-20)16-13-19-12-14-10-15(22-2)11-17(23-3)18(14)16/h10-11,16,19H,4-9,12-13H2,1-3H3/p+3/t16-/m0/s1. The second kappa shape index (κ2) is 7.51. The summed E-state index contributed by atoms with van der Waals surface area (Å²) in [4.78, 5) is 3.50. The molecule has 0 radical (unpaired) electrons. The lowest BCUT2D eigenvalue weighted by molar-refractivity contribution is -1.03. The predicted octanol–water partition coefficient (Wildman–Crippen LogP) is -1.98. The minimum absolute atomic E-state index is 0.544. The second-order valence-corrected chi connectivity index (χ2v) is 6.84. The van der Waals surface area contributed by atoms with Crippen LogP contribution in [-0.2, 0) is 6.54 Å². The molecule has 5 nitrogen and oxygen atoms in total. The molecule has 0 bridgehead atoms. The summed E-state index contributed by atoms with van der Waals surface area (Å²) < 4.78 is 11.2. The van der Waals surface area contributed by atoms with Crippen LogP contribution in [0.3, 0.4) is 0 Å². The number of methoxy groups -OCH3 is 2. The van der Waals surface area contributed by atoms with Crippen LogP contribution < -0.4 is 24.6 Å². The molecule has 128 valence electrons. The molecule has 5 heteroatoms. The minimum atomic E-state index is 0.544. The van der Waals surface area contributed by atoms with Gasteiger partial charge in [-0.2, -0.15) is 0 Å². The Bertz CT molecular complexity index is 510. The van der Waals surface area contributed by atoms with Crippen molar-refractivity contribution in [2.45, 2.75) is 25.9 Å². The van der Waals surface area contributed by atoms with Crippen molar-refractivity contribution in [3.05, 3.63) is 23.3 Å². The molecule has 2 aliphatic rings. The number of benzene rings is 1. The summed E-state index contributed by atoms with van der Waals surface area (Å²) in [6.07, 6.45) is 1.29. The molecule has 1 fully saturated rings. The molecule has 0 unspecified atom stereocenters. The smallest absolute Gasteiger partial charge is 0.167 e. The van der Waals surface area contributed by atoms with Gasteiger partial charge in [0.25, 0.3) is 0 Å². The Morgan fingerprint density at radius 3 is 2.57 bits per heavy atom. The van der Waals surface area contributed by atoms with Crippen molar-refractivity contribution in [1.29, 1.82) is 0 Å². The zero-order chi connectivity index (χ0) is 16.2. The maximum absolute atomic E-state index is 5.72. The molecule has 2 heterocycles. The monoisotopic (exact) mass is 322 g/mol. The van der Waals surface area contributed by atoms with E-state index in [1.54, 1.807) is 24.0 Å². The SMILES string of the molecule is CCC[NH+]1CC[NH+]([C@H]2C[NH2+]Cc3cc(OC)cc(OC)c32)CC1. The van der Waals surface area contributed by atoms with E-state index < -0.39 is 0 Å². The fraction of sp³-hybridized carbons (Fsp3) is 0.667. The van der Waals surface area contributed by atoms with Crippen LogP contribution in [-0.4, -0.2) is 53.5 Å². The Labute approximate surface area is 139 Å². The number of hydrogen-bond donors (Lipinski definition) is 3. The van der Waals surface area contributed by atoms with Gasteiger partial charge in [-0.3, -0.25) is 0 Å². The molecule has 4 N–H and O–H groups in total. The maximum atomic E-state index is 5.72. The van der Waals surface area contributed by atoms with E-state index in [0.717, 1.165) is 24.6 Å². The van der Waals surface area contributed by atoms with Crippen molar-refractivity contribution in [1.82, 2.24) is 0 Å². The van der Waals surface area contributed by atoms with Gasteiger partial charge in [0.05, 0.1) is 26.3 Å². The van der Waals surface area contributed by atoms with Crippen LogP contribution in [0.5, 0.6) is 11.5 Å². The molecule has 0 saturated carbocycles. The first-order valence-corrected chi connectivity index (χ1v) is 9.01. The first kappa shape index (κ1) is 16.6. The second-order valence-electron chi connectivity index (χ2n) is 6.84. The van der Waals surface area contributed by atoms with Crippen LogP contribution in [0, 0.1) is 0 Å². The van der Waals surface area contributed by atoms with Gasteiger partial charge in [0.2, 0.25) is 0 Å². The van der Waals surface area contributed by atoms with Crippen LogP contribution >= 0.6 is 0 Å². The summed E-state index contributed by atoms with van der Waals surface area (Å²) >= 11 is 0. The molecule has 1 atom stereocenters. The van der Waals surface area contributed by atoms with Crippen LogP contribution in [0.25, 0.3) is 0 Å². The Balaban J connectivity index is 1.81. The molecule has 0 aliphatic carbocycles. The van der Waals surface area contributed by atoms with E-state index in [4.69, 9.17) is 9.47 Å². The highest BCUT2D eigenvalue weighted by atomic mass is 16.5. The molecule has 0 aromatic heterocycles. The highest BCUT2D eigenvalue weighted by molar-refractivity contribution is 5.48. The number of ether oxygens (including phenoxy) is 2. The van der Waals surface area contributed by atoms with Crippen molar-refractivity contribution >= 4 is 0 Å². The van der Waals surface area contributed by atoms with E-state index in [1.807, 2.05) is 0 Å². The number of piperazine rings is 1. The molecule has 1 aromatic rings. The fourth-order valence-electron chi connectivity index (χ4n) is 4.28. The fourth-order valence-corrected chi connectivity index (χ4v) is 4.28. The van der Waals surface area contributed by atoms with Crippen LogP contribution in [0.2, 0.25) is 0 Å². The lowest BCUT2D eigenvalue weighted by atomic mass is 9.93. The minimum Gasteiger partial charge on any atom is -0.497 e. The lowest BCUT2D eigenvalue weighted by Crippen LogP contribution is -3.29. The largest absolute Gasteiger partial charge is 0.497 e. The van der Waals surface area contributed by atoms with Crippen molar-refractivity contribution in [3.8, 4) is 11.5 Å². The average molecular weight is 322 g/mol. The topological polar surface area (TPSA) is 44.0 Å². The molecule has 0 amide bonds. The third kappa shape index (κ3) is 3.47. The normalized spacial score (nSPS) is 27.3. The van der Waals surface area contributed by atoms with Crippen molar-refractivity contribution in [2.24, 2.45) is 0 Å². The van der Waals surface area contributed by atoms with E-state index in [-0.39, 0.29) is 0 Å². The summed E-state index contributed by atoms with van der Waals surface area (Å²) in [6, 6.07) is 4.79. The summed E-state index contributed by atoms with van der Waals surface area (Å²) in [5, 5.41) is 2.43. The van der Waals surface area contributed by atoms with E-state index in [0.29, 0.717) is 6.04 Å². The first-order valence-electron chi connectivity index (χ1n) is 9.01. The van der Waals surface area contributed by atoms with Gasteiger partial charge in [-0.05, 0) is 12.5 Å². The van der Waals surface area contributed by atoms with Gasteiger partial charge in [-0.25, -0.2) is 0 Å². The van der Waals surface area contributed by atoms with E-state index in [1.165, 1.54) is 50.3 Å². The zero-order valence-electron chi connectivity index (χ0n) is 14.8. The summed E-state index contributed by atoms with van der Waals surface area (Å²) in [5.41, 5.74) is 2.80. The quantitative estimate of drug-likeness (QED) is 0.588. The molecule has 2 aliphatic heterocycles. The first-order chi connectivity index (χ1) is 11.3. The van der Waals surface area contributed by atoms with Gasteiger partial charge in [0.15, 0.2) is 6.04 Å². The maximum Gasteiger partial charge on any atom is 0.167 e. The van der Waals surface area contributed by atoms with E-state index >= 15 is 0 Å². The number of nitrogens with two attached hydrogens (primary N) is 1. The number of quaternary nitrogens is 3. The third-order valence-electron chi connectivity index (χ3n) is 5.47. The van der Waals surface area contributed by atoms with Gasteiger partial charge in [0.1, 0.15) is 50.8 Å². The average Bonchev–Trinajstić information content (AvgIpc) is 2.61. The Morgan fingerprint density at radius 1 is 1.13 bits per heavy atom. The van der Waals surface area contributed by atoms with Crippen molar-refractivity contribution < 1.29 is 24.6 Å². The third-order valence-corrected chi connectivity index (χ3v) is 5.47. The van der Waals surface area contributed by atoms with Crippen LogP contribution in [0.1, 0.15) is 30.5 Å². The zero-order valence-corrected chi connectivity index (χ0v) is 14.8. The Kier molecular flexibility index (Phi) is 5.41. The highest BCUT2D eigenvalue weighted by Crippen LogP contribution is 2.33. The number of fused-ring (bicyclic) bond motifs is 1. The van der Waals surface area contributed by atoms with Gasteiger partial charge in [0, 0.05) is 11.6 Å². The summed E-state index contributed by atoms with van der Waals surface area (Å²) in [6.45, 7) is 10.9. The van der Waals surface area contributed by atoms with Gasteiger partial charge < -0.3 is 24.6 Å². The number of nitrogens with one attached hydrogen (secondary N) is 2. The molecule has 3 rings (SSSR count). The molecule has 1 aromatic carbocycles. The molecule has 23 heavy (non-hydrogen) atoms. The van der Waals surface area contributed by atoms with Crippen molar-refractivity contribution in [3.63, 3.8) is 0 Å². The molecular formula is C18H32N3O2+3. The summed E-state index contributed by atoms with van der Waals surface area (Å²) in [5.74, 6) is 1.91. The Hall–Kier alpha value is -1.30. The number of hydrogen-bond acceptors (Lipinski definition) is 2.